The zero-order chi connectivity index (χ0) is 12.1. The van der Waals surface area contributed by atoms with Crippen molar-refractivity contribution in [3.8, 4) is 0 Å². The number of nitrogens with zero attached hydrogens (tertiary/aromatic N) is 1. The van der Waals surface area contributed by atoms with E-state index in [0.717, 1.165) is 16.8 Å². The van der Waals surface area contributed by atoms with Crippen LogP contribution in [0.5, 0.6) is 0 Å². The average Bonchev–Trinajstić information content (AvgIpc) is 2.17. The number of nitrogens with one attached hydrogen (secondary N) is 1. The summed E-state index contributed by atoms with van der Waals surface area (Å²) in [6.45, 7) is 6.16. The van der Waals surface area contributed by atoms with Crippen molar-refractivity contribution < 1.29 is 9.53 Å². The molecule has 1 N–H and O–H groups in total. The molecule has 0 aliphatic heterocycles. The summed E-state index contributed by atoms with van der Waals surface area (Å²) < 4.78 is 4.82. The third kappa shape index (κ3) is 2.89. The first-order valence-electron chi connectivity index (χ1n) is 5.29. The fourth-order valence-electron chi connectivity index (χ4n) is 1.69. The topological polar surface area (TPSA) is 41.6 Å². The van der Waals surface area contributed by atoms with E-state index in [-0.39, 0.29) is 0 Å². The highest BCUT2D eigenvalue weighted by Gasteiger charge is 2.10. The monoisotopic (exact) mass is 222 g/mol. The summed E-state index contributed by atoms with van der Waals surface area (Å²) in [5.41, 5.74) is 5.87. The molecule has 0 radical (unpaired) electrons. The second-order valence-electron chi connectivity index (χ2n) is 3.63. The van der Waals surface area contributed by atoms with Gasteiger partial charge in [0, 0.05) is 7.05 Å². The molecule has 0 bridgehead atoms. The molecule has 0 fully saturated rings. The van der Waals surface area contributed by atoms with Crippen molar-refractivity contribution in [1.29, 1.82) is 0 Å². The van der Waals surface area contributed by atoms with E-state index in [0.29, 0.717) is 6.61 Å². The minimum absolute atomic E-state index is 0.367. The van der Waals surface area contributed by atoms with Crippen LogP contribution in [0.1, 0.15) is 18.1 Å². The molecule has 0 aromatic heterocycles. The molecule has 0 aliphatic rings. The first-order chi connectivity index (χ1) is 7.56. The molecular weight excluding hydrogens is 204 g/mol. The van der Waals surface area contributed by atoms with E-state index in [1.54, 1.807) is 19.0 Å². The van der Waals surface area contributed by atoms with Gasteiger partial charge >= 0.3 is 6.09 Å². The lowest BCUT2D eigenvalue weighted by Crippen LogP contribution is -2.40. The van der Waals surface area contributed by atoms with Gasteiger partial charge < -0.3 is 4.74 Å². The number of amides is 1. The number of hydrazine groups is 1. The Morgan fingerprint density at radius 2 is 1.94 bits per heavy atom. The zero-order valence-corrected chi connectivity index (χ0v) is 10.2. The highest BCUT2D eigenvalue weighted by molar-refractivity contribution is 5.71. The number of aryl methyl sites for hydroxylation is 2. The molecule has 4 nitrogen and oxygen atoms in total. The molecular formula is C12H18N2O2. The molecule has 1 aromatic carbocycles. The molecule has 88 valence electrons. The van der Waals surface area contributed by atoms with E-state index in [1.165, 1.54) is 0 Å². The number of carbonyl (C=O) groups is 1. The van der Waals surface area contributed by atoms with E-state index in [2.05, 4.69) is 5.43 Å². The average molecular weight is 222 g/mol. The molecule has 0 aliphatic carbocycles. The standard InChI is InChI=1S/C12H18N2O2/c1-5-16-12(15)13-14(4)11-9(2)7-6-8-10(11)3/h6-8H,5H2,1-4H3,(H,13,15). The van der Waals surface area contributed by atoms with Gasteiger partial charge in [-0.05, 0) is 31.9 Å². The van der Waals surface area contributed by atoms with Crippen LogP contribution in [-0.2, 0) is 4.74 Å². The van der Waals surface area contributed by atoms with Crippen LogP contribution < -0.4 is 10.4 Å². The molecule has 0 atom stereocenters. The lowest BCUT2D eigenvalue weighted by Gasteiger charge is -2.23. The Kier molecular flexibility index (Phi) is 4.17. The minimum atomic E-state index is -0.437. The van der Waals surface area contributed by atoms with Crippen LogP contribution in [0, 0.1) is 13.8 Å². The smallest absolute Gasteiger partial charge is 0.426 e. The van der Waals surface area contributed by atoms with Crippen LogP contribution in [0.3, 0.4) is 0 Å². The highest BCUT2D eigenvalue weighted by Crippen LogP contribution is 2.21. The van der Waals surface area contributed by atoms with Crippen molar-refractivity contribution in [2.75, 3.05) is 18.7 Å². The number of hydrogen-bond donors (Lipinski definition) is 1. The van der Waals surface area contributed by atoms with E-state index in [4.69, 9.17) is 4.74 Å². The summed E-state index contributed by atoms with van der Waals surface area (Å²) in [6, 6.07) is 6.00. The Hall–Kier alpha value is -1.71. The largest absolute Gasteiger partial charge is 0.449 e. The first kappa shape index (κ1) is 12.4. The van der Waals surface area contributed by atoms with Gasteiger partial charge in [-0.15, -0.1) is 0 Å². The molecule has 0 spiro atoms. The van der Waals surface area contributed by atoms with E-state index >= 15 is 0 Å². The zero-order valence-electron chi connectivity index (χ0n) is 10.2. The number of rotatable bonds is 3. The molecule has 1 rings (SSSR count). The normalized spacial score (nSPS) is 9.75. The molecule has 1 amide bonds. The van der Waals surface area contributed by atoms with Crippen molar-refractivity contribution >= 4 is 11.8 Å². The van der Waals surface area contributed by atoms with Crippen LogP contribution in [0.4, 0.5) is 10.5 Å². The maximum atomic E-state index is 11.3. The lowest BCUT2D eigenvalue weighted by atomic mass is 10.1. The Labute approximate surface area is 96.2 Å². The second-order valence-corrected chi connectivity index (χ2v) is 3.63. The van der Waals surface area contributed by atoms with Gasteiger partial charge in [-0.2, -0.15) is 0 Å². The van der Waals surface area contributed by atoms with Gasteiger partial charge in [-0.25, -0.2) is 10.2 Å². The van der Waals surface area contributed by atoms with E-state index < -0.39 is 6.09 Å². The lowest BCUT2D eigenvalue weighted by molar-refractivity contribution is 0.151. The van der Waals surface area contributed by atoms with Crippen LogP contribution in [0.2, 0.25) is 0 Å². The fourth-order valence-corrected chi connectivity index (χ4v) is 1.69. The summed E-state index contributed by atoms with van der Waals surface area (Å²) >= 11 is 0. The van der Waals surface area contributed by atoms with E-state index in [1.807, 2.05) is 32.0 Å². The van der Waals surface area contributed by atoms with Crippen molar-refractivity contribution in [3.63, 3.8) is 0 Å². The second kappa shape index (κ2) is 5.39. The summed E-state index contributed by atoms with van der Waals surface area (Å²) in [5.74, 6) is 0. The van der Waals surface area contributed by atoms with Crippen LogP contribution in [-0.4, -0.2) is 19.7 Å². The Bertz CT molecular complexity index is 357. The molecule has 0 saturated carbocycles. The van der Waals surface area contributed by atoms with Gasteiger partial charge in [0.1, 0.15) is 0 Å². The number of hydrogen-bond acceptors (Lipinski definition) is 3. The number of ether oxygens (including phenoxy) is 1. The van der Waals surface area contributed by atoms with Crippen LogP contribution in [0.25, 0.3) is 0 Å². The molecule has 0 unspecified atom stereocenters. The van der Waals surface area contributed by atoms with Gasteiger partial charge in [0.15, 0.2) is 0 Å². The predicted octanol–water partition coefficient (Wildman–Crippen LogP) is 2.40. The first-order valence-corrected chi connectivity index (χ1v) is 5.29. The molecule has 1 aromatic rings. The predicted molar refractivity (Wildman–Crippen MR) is 64.5 cm³/mol. The number of anilines is 1. The summed E-state index contributed by atoms with van der Waals surface area (Å²) in [6.07, 6.45) is -0.437. The number of benzene rings is 1. The summed E-state index contributed by atoms with van der Waals surface area (Å²) in [4.78, 5) is 11.3. The maximum absolute atomic E-state index is 11.3. The van der Waals surface area contributed by atoms with Crippen LogP contribution in [0.15, 0.2) is 18.2 Å². The van der Waals surface area contributed by atoms with Crippen LogP contribution >= 0.6 is 0 Å². The quantitative estimate of drug-likeness (QED) is 0.798. The van der Waals surface area contributed by atoms with Crippen molar-refractivity contribution in [2.24, 2.45) is 0 Å². The molecule has 0 saturated heterocycles. The molecule has 0 heterocycles. The number of carbonyl (C=O) groups excluding carboxylic acids is 1. The molecule has 4 heteroatoms. The van der Waals surface area contributed by atoms with Crippen molar-refractivity contribution in [2.45, 2.75) is 20.8 Å². The third-order valence-electron chi connectivity index (χ3n) is 2.31. The Balaban J connectivity index is 2.80. The molecule has 16 heavy (non-hydrogen) atoms. The summed E-state index contributed by atoms with van der Waals surface area (Å²) in [7, 11) is 1.80. The van der Waals surface area contributed by atoms with Crippen molar-refractivity contribution in [3.05, 3.63) is 29.3 Å². The third-order valence-corrected chi connectivity index (χ3v) is 2.31. The van der Waals surface area contributed by atoms with E-state index in [9.17, 15) is 4.79 Å². The van der Waals surface area contributed by atoms with Gasteiger partial charge in [-0.1, -0.05) is 18.2 Å². The number of para-hydroxylation sites is 1. The SMILES string of the molecule is CCOC(=O)NN(C)c1c(C)cccc1C. The van der Waals surface area contributed by atoms with Crippen molar-refractivity contribution in [1.82, 2.24) is 5.43 Å². The van der Waals surface area contributed by atoms with Gasteiger partial charge in [0.25, 0.3) is 0 Å². The van der Waals surface area contributed by atoms with Gasteiger partial charge in [0.2, 0.25) is 0 Å². The van der Waals surface area contributed by atoms with Gasteiger partial charge in [0.05, 0.1) is 12.3 Å². The maximum Gasteiger partial charge on any atom is 0.426 e. The highest BCUT2D eigenvalue weighted by atomic mass is 16.6. The Morgan fingerprint density at radius 3 is 2.44 bits per heavy atom. The fraction of sp³-hybridized carbons (Fsp3) is 0.417. The van der Waals surface area contributed by atoms with Gasteiger partial charge in [-0.3, -0.25) is 5.01 Å². The Morgan fingerprint density at radius 1 is 1.38 bits per heavy atom. The summed E-state index contributed by atoms with van der Waals surface area (Å²) in [5, 5.41) is 1.68. The minimum Gasteiger partial charge on any atom is -0.449 e.